The Morgan fingerprint density at radius 2 is 2.00 bits per heavy atom. The highest BCUT2D eigenvalue weighted by Gasteiger charge is 2.54. The number of aromatic amines is 1. The summed E-state index contributed by atoms with van der Waals surface area (Å²) in [6.45, 7) is 2.00. The molecule has 1 saturated carbocycles. The minimum atomic E-state index is -4.34. The average Bonchev–Trinajstić information content (AvgIpc) is 3.60. The molecule has 8 nitrogen and oxygen atoms in total. The summed E-state index contributed by atoms with van der Waals surface area (Å²) in [5.41, 5.74) is 2.50. The molecule has 2 amide bonds. The van der Waals surface area contributed by atoms with Gasteiger partial charge in [0.25, 0.3) is 0 Å². The van der Waals surface area contributed by atoms with Crippen molar-refractivity contribution in [2.24, 2.45) is 0 Å². The van der Waals surface area contributed by atoms with Crippen molar-refractivity contribution in [1.29, 1.82) is 0 Å². The van der Waals surface area contributed by atoms with Crippen LogP contribution in [-0.4, -0.2) is 63.3 Å². The van der Waals surface area contributed by atoms with Crippen molar-refractivity contribution in [1.82, 2.24) is 20.1 Å². The van der Waals surface area contributed by atoms with Crippen LogP contribution in [0.2, 0.25) is 0 Å². The van der Waals surface area contributed by atoms with E-state index in [2.05, 4.69) is 15.2 Å². The molecule has 1 saturated heterocycles. The van der Waals surface area contributed by atoms with Crippen molar-refractivity contribution >= 4 is 28.5 Å². The number of anilines is 1. The van der Waals surface area contributed by atoms with Crippen LogP contribution < -0.4 is 9.64 Å². The van der Waals surface area contributed by atoms with Crippen LogP contribution >= 0.6 is 0 Å². The van der Waals surface area contributed by atoms with E-state index >= 15 is 0 Å². The standard InChI is InChI=1S/C28H30F3N5O3/c1-17-4-2-6-22-24(17)27(9-7-20(8-10-27)39-21-12-18-14-33-34-25(18)32-15-21)26(38)36(22)16-23(37)35-11-3-5-19(35)13-28(29,30)31/h2,4,6,12,14-15,19-20H,3,5,7-11,13,16H2,1H3,(H,32,33,34). The van der Waals surface area contributed by atoms with Crippen LogP contribution in [0.5, 0.6) is 5.75 Å². The average molecular weight is 542 g/mol. The van der Waals surface area contributed by atoms with Gasteiger partial charge in [-0.25, -0.2) is 4.98 Å². The van der Waals surface area contributed by atoms with Gasteiger partial charge in [-0.1, -0.05) is 12.1 Å². The predicted octanol–water partition coefficient (Wildman–Crippen LogP) is 4.82. The summed E-state index contributed by atoms with van der Waals surface area (Å²) >= 11 is 0. The topological polar surface area (TPSA) is 91.4 Å². The third kappa shape index (κ3) is 4.61. The highest BCUT2D eigenvalue weighted by atomic mass is 19.4. The largest absolute Gasteiger partial charge is 0.489 e. The number of aromatic nitrogens is 3. The van der Waals surface area contributed by atoms with E-state index in [0.29, 0.717) is 55.6 Å². The molecule has 39 heavy (non-hydrogen) atoms. The van der Waals surface area contributed by atoms with Crippen LogP contribution in [-0.2, 0) is 15.0 Å². The van der Waals surface area contributed by atoms with Crippen LogP contribution in [0.1, 0.15) is 56.1 Å². The number of H-pyrrole nitrogens is 1. The van der Waals surface area contributed by atoms with Gasteiger partial charge in [0.05, 0.1) is 30.3 Å². The summed E-state index contributed by atoms with van der Waals surface area (Å²) in [7, 11) is 0. The lowest BCUT2D eigenvalue weighted by molar-refractivity contribution is -0.151. The van der Waals surface area contributed by atoms with Gasteiger partial charge in [-0.15, -0.1) is 0 Å². The summed E-state index contributed by atoms with van der Waals surface area (Å²) in [6, 6.07) is 6.67. The molecule has 1 N–H and O–H groups in total. The van der Waals surface area contributed by atoms with Crippen LogP contribution in [0.15, 0.2) is 36.7 Å². The number of alkyl halides is 3. The Labute approximate surface area is 223 Å². The second-order valence-corrected chi connectivity index (χ2v) is 10.9. The first-order valence-corrected chi connectivity index (χ1v) is 13.4. The Kier molecular flexibility index (Phi) is 6.27. The highest BCUT2D eigenvalue weighted by molar-refractivity contribution is 6.11. The maximum atomic E-state index is 14.0. The summed E-state index contributed by atoms with van der Waals surface area (Å²) in [5, 5.41) is 7.65. The molecule has 1 aliphatic carbocycles. The van der Waals surface area contributed by atoms with Gasteiger partial charge >= 0.3 is 6.18 Å². The Balaban J connectivity index is 1.20. The zero-order valence-electron chi connectivity index (χ0n) is 21.6. The lowest BCUT2D eigenvalue weighted by atomic mass is 9.68. The molecule has 4 heterocycles. The van der Waals surface area contributed by atoms with Gasteiger partial charge in [-0.2, -0.15) is 18.3 Å². The second-order valence-electron chi connectivity index (χ2n) is 10.9. The molecule has 3 aliphatic rings. The van der Waals surface area contributed by atoms with E-state index < -0.39 is 30.0 Å². The first-order valence-electron chi connectivity index (χ1n) is 13.4. The normalized spacial score (nSPS) is 25.1. The lowest BCUT2D eigenvalue weighted by Gasteiger charge is -2.37. The molecule has 206 valence electrons. The number of hydrogen-bond donors (Lipinski definition) is 1. The number of likely N-dealkylation sites (tertiary alicyclic amines) is 1. The summed E-state index contributed by atoms with van der Waals surface area (Å²) < 4.78 is 45.5. The quantitative estimate of drug-likeness (QED) is 0.501. The molecule has 2 aliphatic heterocycles. The highest BCUT2D eigenvalue weighted by Crippen LogP contribution is 2.51. The van der Waals surface area contributed by atoms with Gasteiger partial charge in [0.15, 0.2) is 5.65 Å². The minimum Gasteiger partial charge on any atom is -0.489 e. The molecule has 1 aromatic carbocycles. The van der Waals surface area contributed by atoms with Gasteiger partial charge in [-0.05, 0) is 68.7 Å². The number of carbonyl (C=O) groups is 2. The van der Waals surface area contributed by atoms with Crippen molar-refractivity contribution in [3.8, 4) is 5.75 Å². The van der Waals surface area contributed by atoms with Crippen LogP contribution in [0, 0.1) is 6.92 Å². The maximum Gasteiger partial charge on any atom is 0.391 e. The summed E-state index contributed by atoms with van der Waals surface area (Å²) in [5.74, 6) is 0.0656. The Bertz CT molecular complexity index is 1410. The third-order valence-corrected chi connectivity index (χ3v) is 8.49. The molecular formula is C28H30F3N5O3. The van der Waals surface area contributed by atoms with Gasteiger partial charge in [0.2, 0.25) is 11.8 Å². The fraction of sp³-hybridized carbons (Fsp3) is 0.500. The molecule has 1 spiro atoms. The fourth-order valence-electron chi connectivity index (χ4n) is 6.74. The Hall–Kier alpha value is -3.63. The SMILES string of the molecule is Cc1cccc2c1C1(CCC(Oc3cnc4[nH]ncc4c3)CC1)C(=O)N2CC(=O)N1CCCC1CC(F)(F)F. The van der Waals surface area contributed by atoms with E-state index in [1.165, 1.54) is 9.80 Å². The zero-order chi connectivity index (χ0) is 27.4. The van der Waals surface area contributed by atoms with Crippen LogP contribution in [0.4, 0.5) is 18.9 Å². The first kappa shape index (κ1) is 25.6. The minimum absolute atomic E-state index is 0.0922. The number of nitrogens with zero attached hydrogens (tertiary/aromatic N) is 4. The monoisotopic (exact) mass is 541 g/mol. The maximum absolute atomic E-state index is 14.0. The predicted molar refractivity (Wildman–Crippen MR) is 137 cm³/mol. The number of aryl methyl sites for hydroxylation is 1. The molecule has 2 aromatic heterocycles. The van der Waals surface area contributed by atoms with Crippen molar-refractivity contribution in [3.05, 3.63) is 47.8 Å². The lowest BCUT2D eigenvalue weighted by Crippen LogP contribution is -2.49. The van der Waals surface area contributed by atoms with Crippen LogP contribution in [0.25, 0.3) is 11.0 Å². The summed E-state index contributed by atoms with van der Waals surface area (Å²) in [6.07, 6.45) is 1.15. The van der Waals surface area contributed by atoms with E-state index in [-0.39, 0.29) is 25.1 Å². The molecule has 6 rings (SSSR count). The van der Waals surface area contributed by atoms with E-state index in [0.717, 1.165) is 16.5 Å². The fourth-order valence-corrected chi connectivity index (χ4v) is 6.74. The number of benzene rings is 1. The number of halogens is 3. The van der Waals surface area contributed by atoms with Gasteiger partial charge in [0, 0.05) is 23.7 Å². The Morgan fingerprint density at radius 1 is 1.21 bits per heavy atom. The molecule has 0 radical (unpaired) electrons. The number of rotatable bonds is 5. The zero-order valence-corrected chi connectivity index (χ0v) is 21.6. The number of nitrogens with one attached hydrogen (secondary N) is 1. The van der Waals surface area contributed by atoms with E-state index in [9.17, 15) is 22.8 Å². The number of ether oxygens (including phenoxy) is 1. The number of carbonyl (C=O) groups excluding carboxylic acids is 2. The van der Waals surface area contributed by atoms with Crippen molar-refractivity contribution < 1.29 is 27.5 Å². The van der Waals surface area contributed by atoms with Crippen molar-refractivity contribution in [2.75, 3.05) is 18.0 Å². The molecule has 3 aromatic rings. The number of amides is 2. The van der Waals surface area contributed by atoms with E-state index in [1.54, 1.807) is 12.4 Å². The Morgan fingerprint density at radius 3 is 2.77 bits per heavy atom. The smallest absolute Gasteiger partial charge is 0.391 e. The van der Waals surface area contributed by atoms with E-state index in [4.69, 9.17) is 4.74 Å². The summed E-state index contributed by atoms with van der Waals surface area (Å²) in [4.78, 5) is 34.5. The molecule has 0 bridgehead atoms. The molecule has 1 atom stereocenters. The van der Waals surface area contributed by atoms with Gasteiger partial charge in [0.1, 0.15) is 12.3 Å². The second kappa shape index (κ2) is 9.53. The van der Waals surface area contributed by atoms with Gasteiger partial charge in [-0.3, -0.25) is 14.7 Å². The molecule has 1 unspecified atom stereocenters. The van der Waals surface area contributed by atoms with Crippen LogP contribution in [0.3, 0.4) is 0 Å². The number of pyridine rings is 1. The molecule has 2 fully saturated rings. The third-order valence-electron chi connectivity index (χ3n) is 8.49. The molecule has 11 heteroatoms. The number of hydrogen-bond acceptors (Lipinski definition) is 5. The molecular weight excluding hydrogens is 511 g/mol. The van der Waals surface area contributed by atoms with Gasteiger partial charge < -0.3 is 14.5 Å². The van der Waals surface area contributed by atoms with Crippen molar-refractivity contribution in [2.45, 2.75) is 75.6 Å². The van der Waals surface area contributed by atoms with E-state index in [1.807, 2.05) is 31.2 Å². The first-order chi connectivity index (χ1) is 18.6. The van der Waals surface area contributed by atoms with Crippen molar-refractivity contribution in [3.63, 3.8) is 0 Å². The number of fused-ring (bicyclic) bond motifs is 3.